The zero-order chi connectivity index (χ0) is 13.0. The van der Waals surface area contributed by atoms with Gasteiger partial charge in [-0.25, -0.2) is 4.39 Å². The number of ether oxygens (including phenoxy) is 1. The van der Waals surface area contributed by atoms with Crippen molar-refractivity contribution in [3.8, 4) is 5.75 Å². The van der Waals surface area contributed by atoms with E-state index in [0.29, 0.717) is 24.4 Å². The fourth-order valence-electron chi connectivity index (χ4n) is 2.07. The van der Waals surface area contributed by atoms with Crippen LogP contribution in [0.25, 0.3) is 0 Å². The highest BCUT2D eigenvalue weighted by atomic mass is 19.1. The number of rotatable bonds is 3. The summed E-state index contributed by atoms with van der Waals surface area (Å²) in [4.78, 5) is 13.9. The second-order valence-electron chi connectivity index (χ2n) is 4.26. The van der Waals surface area contributed by atoms with E-state index in [1.165, 1.54) is 19.2 Å². The standard InChI is InChI=1S/C13H17FN2O2/c1-18-12-3-2-11(14)8-10(12)9-13(17)16-6-4-15-5-7-16/h2-3,8,15H,4-7,9H2,1H3. The molecular formula is C13H17FN2O2. The minimum atomic E-state index is -0.348. The maximum atomic E-state index is 13.2. The Balaban J connectivity index is 2.07. The van der Waals surface area contributed by atoms with Crippen LogP contribution in [0.15, 0.2) is 18.2 Å². The fourth-order valence-corrected chi connectivity index (χ4v) is 2.07. The summed E-state index contributed by atoms with van der Waals surface area (Å²) in [5.41, 5.74) is 0.598. The van der Waals surface area contributed by atoms with Crippen molar-refractivity contribution in [2.45, 2.75) is 6.42 Å². The van der Waals surface area contributed by atoms with Gasteiger partial charge in [-0.15, -0.1) is 0 Å². The van der Waals surface area contributed by atoms with Crippen LogP contribution in [0, 0.1) is 5.82 Å². The molecule has 1 aliphatic rings. The number of hydrogen-bond donors (Lipinski definition) is 1. The summed E-state index contributed by atoms with van der Waals surface area (Å²) in [5.74, 6) is 0.221. The van der Waals surface area contributed by atoms with E-state index in [-0.39, 0.29) is 18.1 Å². The van der Waals surface area contributed by atoms with E-state index in [9.17, 15) is 9.18 Å². The lowest BCUT2D eigenvalue weighted by Crippen LogP contribution is -2.46. The topological polar surface area (TPSA) is 41.6 Å². The number of halogens is 1. The fraction of sp³-hybridized carbons (Fsp3) is 0.462. The van der Waals surface area contributed by atoms with Crippen LogP contribution in [0.1, 0.15) is 5.56 Å². The summed E-state index contributed by atoms with van der Waals surface area (Å²) in [7, 11) is 1.52. The lowest BCUT2D eigenvalue weighted by Gasteiger charge is -2.27. The van der Waals surface area contributed by atoms with Gasteiger partial charge in [0.2, 0.25) is 5.91 Å². The van der Waals surface area contributed by atoms with E-state index in [1.54, 1.807) is 11.0 Å². The number of nitrogens with one attached hydrogen (secondary N) is 1. The average Bonchev–Trinajstić information content (AvgIpc) is 2.40. The minimum Gasteiger partial charge on any atom is -0.496 e. The van der Waals surface area contributed by atoms with E-state index in [2.05, 4.69) is 5.32 Å². The van der Waals surface area contributed by atoms with Gasteiger partial charge in [0.1, 0.15) is 11.6 Å². The van der Waals surface area contributed by atoms with Crippen molar-refractivity contribution in [1.29, 1.82) is 0 Å². The third-order valence-corrected chi connectivity index (χ3v) is 3.05. The monoisotopic (exact) mass is 252 g/mol. The van der Waals surface area contributed by atoms with Crippen LogP contribution < -0.4 is 10.1 Å². The van der Waals surface area contributed by atoms with Gasteiger partial charge in [0.15, 0.2) is 0 Å². The van der Waals surface area contributed by atoms with Crippen molar-refractivity contribution in [3.63, 3.8) is 0 Å². The van der Waals surface area contributed by atoms with Crippen LogP contribution in [-0.4, -0.2) is 44.1 Å². The molecule has 0 unspecified atom stereocenters. The van der Waals surface area contributed by atoms with Crippen LogP contribution in [0.2, 0.25) is 0 Å². The quantitative estimate of drug-likeness (QED) is 0.865. The Labute approximate surface area is 106 Å². The van der Waals surface area contributed by atoms with E-state index in [1.807, 2.05) is 0 Å². The largest absolute Gasteiger partial charge is 0.496 e. The van der Waals surface area contributed by atoms with Gasteiger partial charge < -0.3 is 15.0 Å². The highest BCUT2D eigenvalue weighted by Gasteiger charge is 2.18. The number of nitrogens with zero attached hydrogens (tertiary/aromatic N) is 1. The average molecular weight is 252 g/mol. The summed E-state index contributed by atoms with van der Waals surface area (Å²) in [6.07, 6.45) is 0.181. The summed E-state index contributed by atoms with van der Waals surface area (Å²) in [5, 5.41) is 3.19. The van der Waals surface area contributed by atoms with Crippen LogP contribution in [0.4, 0.5) is 4.39 Å². The molecule has 2 rings (SSSR count). The molecule has 5 heteroatoms. The molecule has 1 fully saturated rings. The molecule has 4 nitrogen and oxygen atoms in total. The predicted molar refractivity (Wildman–Crippen MR) is 66.1 cm³/mol. The van der Waals surface area contributed by atoms with Crippen molar-refractivity contribution in [1.82, 2.24) is 10.2 Å². The number of carbonyl (C=O) groups is 1. The maximum Gasteiger partial charge on any atom is 0.227 e. The molecule has 0 spiro atoms. The molecule has 0 aromatic heterocycles. The highest BCUT2D eigenvalue weighted by Crippen LogP contribution is 2.20. The molecule has 98 valence electrons. The molecular weight excluding hydrogens is 235 g/mol. The molecule has 0 aliphatic carbocycles. The molecule has 1 aromatic carbocycles. The Morgan fingerprint density at radius 3 is 2.83 bits per heavy atom. The first kappa shape index (κ1) is 12.8. The Morgan fingerprint density at radius 2 is 2.17 bits per heavy atom. The van der Waals surface area contributed by atoms with E-state index >= 15 is 0 Å². The number of piperazine rings is 1. The SMILES string of the molecule is COc1ccc(F)cc1CC(=O)N1CCNCC1. The Hall–Kier alpha value is -1.62. The maximum absolute atomic E-state index is 13.2. The van der Waals surface area contributed by atoms with Gasteiger partial charge in [-0.3, -0.25) is 4.79 Å². The van der Waals surface area contributed by atoms with Crippen molar-refractivity contribution < 1.29 is 13.9 Å². The number of methoxy groups -OCH3 is 1. The highest BCUT2D eigenvalue weighted by molar-refractivity contribution is 5.79. The van der Waals surface area contributed by atoms with Gasteiger partial charge in [0, 0.05) is 31.7 Å². The summed E-state index contributed by atoms with van der Waals surface area (Å²) in [6, 6.07) is 4.24. The number of carbonyl (C=O) groups excluding carboxylic acids is 1. The first-order valence-corrected chi connectivity index (χ1v) is 6.01. The third kappa shape index (κ3) is 2.98. The molecule has 0 bridgehead atoms. The lowest BCUT2D eigenvalue weighted by atomic mass is 10.1. The smallest absolute Gasteiger partial charge is 0.227 e. The first-order chi connectivity index (χ1) is 8.70. The van der Waals surface area contributed by atoms with Crippen LogP contribution >= 0.6 is 0 Å². The normalized spacial score (nSPS) is 15.6. The second-order valence-corrected chi connectivity index (χ2v) is 4.26. The number of hydrogen-bond acceptors (Lipinski definition) is 3. The molecule has 18 heavy (non-hydrogen) atoms. The van der Waals surface area contributed by atoms with Gasteiger partial charge in [-0.2, -0.15) is 0 Å². The zero-order valence-electron chi connectivity index (χ0n) is 10.4. The van der Waals surface area contributed by atoms with Crippen molar-refractivity contribution in [2.24, 2.45) is 0 Å². The number of benzene rings is 1. The van der Waals surface area contributed by atoms with Crippen LogP contribution in [0.5, 0.6) is 5.75 Å². The van der Waals surface area contributed by atoms with Gasteiger partial charge in [0.05, 0.1) is 13.5 Å². The minimum absolute atomic E-state index is 0.0143. The van der Waals surface area contributed by atoms with Gasteiger partial charge in [0.25, 0.3) is 0 Å². The van der Waals surface area contributed by atoms with E-state index in [4.69, 9.17) is 4.74 Å². The lowest BCUT2D eigenvalue weighted by molar-refractivity contribution is -0.131. The molecule has 1 amide bonds. The van der Waals surface area contributed by atoms with Crippen molar-refractivity contribution in [3.05, 3.63) is 29.6 Å². The predicted octanol–water partition coefficient (Wildman–Crippen LogP) is 0.809. The van der Waals surface area contributed by atoms with E-state index < -0.39 is 0 Å². The van der Waals surface area contributed by atoms with Crippen molar-refractivity contribution in [2.75, 3.05) is 33.3 Å². The van der Waals surface area contributed by atoms with Crippen LogP contribution in [0.3, 0.4) is 0 Å². The van der Waals surface area contributed by atoms with Crippen molar-refractivity contribution >= 4 is 5.91 Å². The number of amides is 1. The molecule has 0 saturated carbocycles. The molecule has 1 N–H and O–H groups in total. The second kappa shape index (κ2) is 5.82. The van der Waals surface area contributed by atoms with E-state index in [0.717, 1.165) is 13.1 Å². The first-order valence-electron chi connectivity index (χ1n) is 6.01. The Morgan fingerprint density at radius 1 is 1.44 bits per heavy atom. The Bertz CT molecular complexity index is 431. The molecule has 0 atom stereocenters. The van der Waals surface area contributed by atoms with Crippen LogP contribution in [-0.2, 0) is 11.2 Å². The van der Waals surface area contributed by atoms with Gasteiger partial charge in [-0.1, -0.05) is 0 Å². The summed E-state index contributed by atoms with van der Waals surface area (Å²) in [6.45, 7) is 3.03. The third-order valence-electron chi connectivity index (χ3n) is 3.05. The zero-order valence-corrected chi connectivity index (χ0v) is 10.4. The van der Waals surface area contributed by atoms with Gasteiger partial charge >= 0.3 is 0 Å². The molecule has 1 heterocycles. The van der Waals surface area contributed by atoms with Gasteiger partial charge in [-0.05, 0) is 18.2 Å². The summed E-state index contributed by atoms with van der Waals surface area (Å²) < 4.78 is 18.3. The molecule has 1 aromatic rings. The summed E-state index contributed by atoms with van der Waals surface area (Å²) >= 11 is 0. The Kier molecular flexibility index (Phi) is 4.15. The molecule has 0 radical (unpaired) electrons. The molecule has 1 aliphatic heterocycles. The molecule has 1 saturated heterocycles.